The van der Waals surface area contributed by atoms with Crippen molar-refractivity contribution in [3.63, 3.8) is 0 Å². The average Bonchev–Trinajstić information content (AvgIpc) is 2.83. The lowest BCUT2D eigenvalue weighted by atomic mass is 10.2. The monoisotopic (exact) mass is 273 g/mol. The molecule has 3 aromatic rings. The van der Waals surface area contributed by atoms with Crippen LogP contribution in [0.2, 0.25) is 5.02 Å². The Morgan fingerprint density at radius 2 is 1.89 bits per heavy atom. The zero-order chi connectivity index (χ0) is 13.2. The number of aromatic hydroxyl groups is 1. The van der Waals surface area contributed by atoms with E-state index in [0.717, 1.165) is 21.6 Å². The highest BCUT2D eigenvalue weighted by atomic mass is 35.5. The van der Waals surface area contributed by atoms with Gasteiger partial charge >= 0.3 is 0 Å². The number of phenols is 1. The van der Waals surface area contributed by atoms with Gasteiger partial charge in [-0.1, -0.05) is 17.7 Å². The van der Waals surface area contributed by atoms with Crippen LogP contribution in [-0.2, 0) is 6.61 Å². The molecule has 0 aliphatic rings. The fourth-order valence-corrected chi connectivity index (χ4v) is 2.19. The summed E-state index contributed by atoms with van der Waals surface area (Å²) < 4.78 is 5.63. The van der Waals surface area contributed by atoms with E-state index >= 15 is 0 Å². The van der Waals surface area contributed by atoms with Crippen LogP contribution in [0.5, 0.6) is 11.5 Å². The third kappa shape index (κ3) is 2.51. The van der Waals surface area contributed by atoms with E-state index in [0.29, 0.717) is 12.4 Å². The molecule has 3 rings (SSSR count). The second-order valence-corrected chi connectivity index (χ2v) is 4.69. The van der Waals surface area contributed by atoms with Crippen molar-refractivity contribution in [1.82, 2.24) is 4.98 Å². The fourth-order valence-electron chi connectivity index (χ4n) is 1.96. The molecule has 0 atom stereocenters. The Balaban J connectivity index is 1.78. The standard InChI is InChI=1S/C15H12ClNO2/c16-14-2-1-3-15-13(14)8-10(17-15)9-19-12-6-4-11(18)5-7-12/h1-8,17-18H,9H2. The number of nitrogens with one attached hydrogen (secondary N) is 1. The average molecular weight is 274 g/mol. The smallest absolute Gasteiger partial charge is 0.128 e. The van der Waals surface area contributed by atoms with Gasteiger partial charge in [-0.2, -0.15) is 0 Å². The Morgan fingerprint density at radius 1 is 1.11 bits per heavy atom. The topological polar surface area (TPSA) is 45.2 Å². The van der Waals surface area contributed by atoms with Crippen molar-refractivity contribution < 1.29 is 9.84 Å². The number of hydrogen-bond acceptors (Lipinski definition) is 2. The van der Waals surface area contributed by atoms with E-state index in [1.165, 1.54) is 0 Å². The first kappa shape index (κ1) is 11.9. The van der Waals surface area contributed by atoms with E-state index in [9.17, 15) is 5.11 Å². The lowest BCUT2D eigenvalue weighted by Gasteiger charge is -2.04. The molecule has 0 radical (unpaired) electrons. The molecule has 3 nitrogen and oxygen atoms in total. The lowest BCUT2D eigenvalue weighted by Crippen LogP contribution is -1.94. The summed E-state index contributed by atoms with van der Waals surface area (Å²) >= 11 is 6.12. The second kappa shape index (κ2) is 4.86. The summed E-state index contributed by atoms with van der Waals surface area (Å²) in [5.41, 5.74) is 1.95. The Labute approximate surface area is 115 Å². The van der Waals surface area contributed by atoms with Gasteiger partial charge in [0.15, 0.2) is 0 Å². The molecule has 0 amide bonds. The Kier molecular flexibility index (Phi) is 3.05. The van der Waals surface area contributed by atoms with Gasteiger partial charge in [-0.25, -0.2) is 0 Å². The zero-order valence-electron chi connectivity index (χ0n) is 10.1. The van der Waals surface area contributed by atoms with Crippen LogP contribution in [0.15, 0.2) is 48.5 Å². The second-order valence-electron chi connectivity index (χ2n) is 4.28. The molecule has 0 unspecified atom stereocenters. The summed E-state index contributed by atoms with van der Waals surface area (Å²) in [7, 11) is 0. The summed E-state index contributed by atoms with van der Waals surface area (Å²) in [6, 6.07) is 14.4. The molecule has 0 saturated heterocycles. The maximum absolute atomic E-state index is 9.19. The highest BCUT2D eigenvalue weighted by molar-refractivity contribution is 6.35. The van der Waals surface area contributed by atoms with Crippen molar-refractivity contribution in [3.8, 4) is 11.5 Å². The number of halogens is 1. The number of rotatable bonds is 3. The molecule has 1 heterocycles. The molecule has 96 valence electrons. The first-order valence-electron chi connectivity index (χ1n) is 5.90. The van der Waals surface area contributed by atoms with Gasteiger partial charge in [-0.3, -0.25) is 0 Å². The summed E-state index contributed by atoms with van der Waals surface area (Å²) in [5.74, 6) is 0.937. The zero-order valence-corrected chi connectivity index (χ0v) is 10.8. The summed E-state index contributed by atoms with van der Waals surface area (Å²) in [5, 5.41) is 10.9. The molecule has 0 fully saturated rings. The minimum absolute atomic E-state index is 0.227. The number of H-pyrrole nitrogens is 1. The first-order valence-corrected chi connectivity index (χ1v) is 6.28. The highest BCUT2D eigenvalue weighted by Crippen LogP contribution is 2.24. The van der Waals surface area contributed by atoms with Crippen molar-refractivity contribution in [3.05, 3.63) is 59.2 Å². The molecule has 0 aliphatic heterocycles. The predicted octanol–water partition coefficient (Wildman–Crippen LogP) is 4.11. The number of ether oxygens (including phenoxy) is 1. The van der Waals surface area contributed by atoms with Crippen LogP contribution in [0.4, 0.5) is 0 Å². The molecular weight excluding hydrogens is 262 g/mol. The van der Waals surface area contributed by atoms with Crippen LogP contribution in [0.3, 0.4) is 0 Å². The van der Waals surface area contributed by atoms with Crippen molar-refractivity contribution in [2.45, 2.75) is 6.61 Å². The van der Waals surface area contributed by atoms with Gasteiger partial charge in [0, 0.05) is 15.9 Å². The highest BCUT2D eigenvalue weighted by Gasteiger charge is 2.04. The number of benzene rings is 2. The quantitative estimate of drug-likeness (QED) is 0.754. The van der Waals surface area contributed by atoms with Gasteiger partial charge in [0.25, 0.3) is 0 Å². The molecule has 0 spiro atoms. The van der Waals surface area contributed by atoms with Gasteiger partial charge in [-0.05, 0) is 42.5 Å². The Bertz CT molecular complexity index is 704. The van der Waals surface area contributed by atoms with E-state index in [-0.39, 0.29) is 5.75 Å². The van der Waals surface area contributed by atoms with Gasteiger partial charge in [0.05, 0.1) is 5.69 Å². The van der Waals surface area contributed by atoms with E-state index in [1.54, 1.807) is 24.3 Å². The number of aromatic amines is 1. The molecule has 0 saturated carbocycles. The largest absolute Gasteiger partial charge is 0.508 e. The molecule has 4 heteroatoms. The number of fused-ring (bicyclic) bond motifs is 1. The normalized spacial score (nSPS) is 10.8. The lowest BCUT2D eigenvalue weighted by molar-refractivity contribution is 0.302. The van der Waals surface area contributed by atoms with E-state index in [4.69, 9.17) is 16.3 Å². The number of aromatic nitrogens is 1. The molecule has 19 heavy (non-hydrogen) atoms. The van der Waals surface area contributed by atoms with Gasteiger partial charge in [0.1, 0.15) is 18.1 Å². The summed E-state index contributed by atoms with van der Waals surface area (Å²) in [4.78, 5) is 3.26. The van der Waals surface area contributed by atoms with Gasteiger partial charge in [-0.15, -0.1) is 0 Å². The van der Waals surface area contributed by atoms with Crippen LogP contribution in [0.25, 0.3) is 10.9 Å². The van der Waals surface area contributed by atoms with E-state index in [2.05, 4.69) is 4.98 Å². The van der Waals surface area contributed by atoms with E-state index in [1.807, 2.05) is 24.3 Å². The maximum Gasteiger partial charge on any atom is 0.128 e. The van der Waals surface area contributed by atoms with Gasteiger partial charge in [0.2, 0.25) is 0 Å². The number of phenolic OH excluding ortho intramolecular Hbond substituents is 1. The molecule has 2 aromatic carbocycles. The van der Waals surface area contributed by atoms with Crippen molar-refractivity contribution in [1.29, 1.82) is 0 Å². The van der Waals surface area contributed by atoms with Gasteiger partial charge < -0.3 is 14.8 Å². The minimum atomic E-state index is 0.227. The van der Waals surface area contributed by atoms with Crippen LogP contribution in [0, 0.1) is 0 Å². The summed E-state index contributed by atoms with van der Waals surface area (Å²) in [6.07, 6.45) is 0. The van der Waals surface area contributed by atoms with E-state index < -0.39 is 0 Å². The maximum atomic E-state index is 9.19. The van der Waals surface area contributed by atoms with Crippen molar-refractivity contribution >= 4 is 22.5 Å². The molecule has 0 aliphatic carbocycles. The van der Waals surface area contributed by atoms with Crippen molar-refractivity contribution in [2.75, 3.05) is 0 Å². The minimum Gasteiger partial charge on any atom is -0.508 e. The molecule has 0 bridgehead atoms. The Hall–Kier alpha value is -2.13. The molecule has 2 N–H and O–H groups in total. The first-order chi connectivity index (χ1) is 9.22. The fraction of sp³-hybridized carbons (Fsp3) is 0.0667. The van der Waals surface area contributed by atoms with Crippen LogP contribution in [-0.4, -0.2) is 10.1 Å². The summed E-state index contributed by atoms with van der Waals surface area (Å²) in [6.45, 7) is 0.426. The molecular formula is C15H12ClNO2. The van der Waals surface area contributed by atoms with Crippen LogP contribution in [0.1, 0.15) is 5.69 Å². The predicted molar refractivity (Wildman–Crippen MR) is 75.7 cm³/mol. The van der Waals surface area contributed by atoms with Crippen LogP contribution >= 0.6 is 11.6 Å². The third-order valence-electron chi connectivity index (χ3n) is 2.90. The third-order valence-corrected chi connectivity index (χ3v) is 3.23. The molecule has 1 aromatic heterocycles. The number of hydrogen-bond donors (Lipinski definition) is 2. The Morgan fingerprint density at radius 3 is 2.63 bits per heavy atom. The SMILES string of the molecule is Oc1ccc(OCc2cc3c(Cl)cccc3[nH]2)cc1. The van der Waals surface area contributed by atoms with Crippen molar-refractivity contribution in [2.24, 2.45) is 0 Å². The van der Waals surface area contributed by atoms with Crippen LogP contribution < -0.4 is 4.74 Å².